The van der Waals surface area contributed by atoms with Gasteiger partial charge in [-0.1, -0.05) is 5.16 Å². The summed E-state index contributed by atoms with van der Waals surface area (Å²) in [6.45, 7) is 3.42. The van der Waals surface area contributed by atoms with E-state index in [1.807, 2.05) is 0 Å². The highest BCUT2D eigenvalue weighted by Gasteiger charge is 2.10. The van der Waals surface area contributed by atoms with Gasteiger partial charge < -0.3 is 9.63 Å². The van der Waals surface area contributed by atoms with Crippen molar-refractivity contribution in [1.82, 2.24) is 14.5 Å². The second-order valence-electron chi connectivity index (χ2n) is 2.75. The van der Waals surface area contributed by atoms with Gasteiger partial charge in [-0.3, -0.25) is 0 Å². The Bertz CT molecular complexity index is 484. The maximum atomic E-state index is 9.20. The van der Waals surface area contributed by atoms with Crippen LogP contribution in [0.5, 0.6) is 5.95 Å². The van der Waals surface area contributed by atoms with Gasteiger partial charge in [0.05, 0.1) is 0 Å². The predicted octanol–water partition coefficient (Wildman–Crippen LogP) is 2.26. The normalized spacial score (nSPS) is 11.3. The van der Waals surface area contributed by atoms with Crippen molar-refractivity contribution in [2.45, 2.75) is 13.8 Å². The summed E-state index contributed by atoms with van der Waals surface area (Å²) in [5, 5.41) is 20.7. The summed E-state index contributed by atoms with van der Waals surface area (Å²) in [5.41, 5.74) is 0.681. The number of nitrogens with zero attached hydrogens (tertiary/aromatic N) is 5. The SMILES string of the molecule is Cc1nsc(N=Nc2c(C)noc2O)n1. The molecule has 0 fully saturated rings. The number of azo groups is 1. The lowest BCUT2D eigenvalue weighted by atomic mass is 10.4. The third-order valence-corrected chi connectivity index (χ3v) is 2.26. The first-order chi connectivity index (χ1) is 7.16. The molecule has 0 aliphatic heterocycles. The second kappa shape index (κ2) is 3.73. The van der Waals surface area contributed by atoms with Crippen LogP contribution in [0.25, 0.3) is 0 Å². The highest BCUT2D eigenvalue weighted by Crippen LogP contribution is 2.31. The van der Waals surface area contributed by atoms with Gasteiger partial charge in [0, 0.05) is 11.5 Å². The summed E-state index contributed by atoms with van der Waals surface area (Å²) < 4.78 is 8.44. The summed E-state index contributed by atoms with van der Waals surface area (Å²) in [4.78, 5) is 3.98. The quantitative estimate of drug-likeness (QED) is 0.790. The minimum atomic E-state index is -0.350. The van der Waals surface area contributed by atoms with Gasteiger partial charge in [0.25, 0.3) is 0 Å². The predicted molar refractivity (Wildman–Crippen MR) is 51.7 cm³/mol. The molecule has 8 heteroatoms. The third kappa shape index (κ3) is 1.99. The maximum absolute atomic E-state index is 9.20. The van der Waals surface area contributed by atoms with E-state index in [9.17, 15) is 5.11 Å². The highest BCUT2D eigenvalue weighted by atomic mass is 32.1. The fourth-order valence-electron chi connectivity index (χ4n) is 0.888. The summed E-state index contributed by atoms with van der Waals surface area (Å²) in [6, 6.07) is 0. The highest BCUT2D eigenvalue weighted by molar-refractivity contribution is 7.09. The Morgan fingerprint density at radius 2 is 2.13 bits per heavy atom. The maximum Gasteiger partial charge on any atom is 0.337 e. The van der Waals surface area contributed by atoms with Crippen LogP contribution in [0.15, 0.2) is 14.8 Å². The largest absolute Gasteiger partial charge is 0.478 e. The van der Waals surface area contributed by atoms with Gasteiger partial charge in [-0.2, -0.15) is 4.37 Å². The molecular formula is C7H7N5O2S. The summed E-state index contributed by atoms with van der Waals surface area (Å²) in [7, 11) is 0. The first-order valence-electron chi connectivity index (χ1n) is 4.04. The molecule has 0 saturated heterocycles. The van der Waals surface area contributed by atoms with E-state index in [0.717, 1.165) is 11.5 Å². The van der Waals surface area contributed by atoms with Gasteiger partial charge in [-0.25, -0.2) is 4.98 Å². The lowest BCUT2D eigenvalue weighted by molar-refractivity contribution is 0.277. The molecule has 0 aromatic carbocycles. The fourth-order valence-corrected chi connectivity index (χ4v) is 1.39. The fraction of sp³-hybridized carbons (Fsp3) is 0.286. The molecule has 2 rings (SSSR count). The molecule has 0 spiro atoms. The Hall–Kier alpha value is -1.83. The summed E-state index contributed by atoms with van der Waals surface area (Å²) >= 11 is 1.13. The van der Waals surface area contributed by atoms with Gasteiger partial charge in [-0.15, -0.1) is 10.2 Å². The van der Waals surface area contributed by atoms with Crippen LogP contribution in [0, 0.1) is 13.8 Å². The lowest BCUT2D eigenvalue weighted by Crippen LogP contribution is -1.69. The molecule has 78 valence electrons. The monoisotopic (exact) mass is 225 g/mol. The second-order valence-corrected chi connectivity index (χ2v) is 3.48. The van der Waals surface area contributed by atoms with Crippen LogP contribution >= 0.6 is 11.5 Å². The molecule has 15 heavy (non-hydrogen) atoms. The van der Waals surface area contributed by atoms with Crippen molar-refractivity contribution in [2.24, 2.45) is 10.2 Å². The van der Waals surface area contributed by atoms with Crippen LogP contribution in [-0.4, -0.2) is 19.6 Å². The molecule has 2 heterocycles. The number of aromatic nitrogens is 3. The molecule has 1 N–H and O–H groups in total. The number of rotatable bonds is 2. The van der Waals surface area contributed by atoms with Gasteiger partial charge >= 0.3 is 5.95 Å². The summed E-state index contributed by atoms with van der Waals surface area (Å²) in [6.07, 6.45) is 0. The molecule has 0 atom stereocenters. The minimum Gasteiger partial charge on any atom is -0.478 e. The third-order valence-electron chi connectivity index (χ3n) is 1.57. The van der Waals surface area contributed by atoms with Crippen LogP contribution in [0.4, 0.5) is 10.8 Å². The van der Waals surface area contributed by atoms with E-state index in [4.69, 9.17) is 0 Å². The van der Waals surface area contributed by atoms with Crippen LogP contribution in [-0.2, 0) is 0 Å². The minimum absolute atomic E-state index is 0.211. The standard InChI is InChI=1S/C7H7N5O2S/c1-3-5(6(13)14-11-3)9-10-7-8-4(2)12-15-7/h13H,1-2H3. The van der Waals surface area contributed by atoms with E-state index < -0.39 is 0 Å². The van der Waals surface area contributed by atoms with Crippen LogP contribution in [0.2, 0.25) is 0 Å². The molecule has 0 amide bonds. The topological polar surface area (TPSA) is 96.8 Å². The molecule has 2 aromatic heterocycles. The van der Waals surface area contributed by atoms with Gasteiger partial charge in [0.15, 0.2) is 5.69 Å². The summed E-state index contributed by atoms with van der Waals surface area (Å²) in [5.74, 6) is 0.290. The molecule has 0 bridgehead atoms. The molecule has 0 unspecified atom stereocenters. The zero-order valence-corrected chi connectivity index (χ0v) is 8.82. The first kappa shape index (κ1) is 9.71. The average molecular weight is 225 g/mol. The zero-order chi connectivity index (χ0) is 10.8. The van der Waals surface area contributed by atoms with Crippen molar-refractivity contribution in [3.05, 3.63) is 11.5 Å². The average Bonchev–Trinajstić information content (AvgIpc) is 2.73. The van der Waals surface area contributed by atoms with E-state index >= 15 is 0 Å². The molecule has 0 aliphatic rings. The van der Waals surface area contributed by atoms with E-state index in [1.54, 1.807) is 13.8 Å². The van der Waals surface area contributed by atoms with Crippen molar-refractivity contribution in [2.75, 3.05) is 0 Å². The lowest BCUT2D eigenvalue weighted by Gasteiger charge is -1.84. The van der Waals surface area contributed by atoms with Crippen molar-refractivity contribution < 1.29 is 9.63 Å². The van der Waals surface area contributed by atoms with Crippen molar-refractivity contribution >= 4 is 22.4 Å². The molecule has 0 aliphatic carbocycles. The molecule has 2 aromatic rings. The van der Waals surface area contributed by atoms with Gasteiger partial charge in [0.2, 0.25) is 5.13 Å². The smallest absolute Gasteiger partial charge is 0.337 e. The Kier molecular flexibility index (Phi) is 2.42. The molecule has 0 radical (unpaired) electrons. The Labute approximate surface area is 88.6 Å². The Morgan fingerprint density at radius 1 is 1.33 bits per heavy atom. The van der Waals surface area contributed by atoms with E-state index in [-0.39, 0.29) is 11.6 Å². The van der Waals surface area contributed by atoms with Crippen molar-refractivity contribution in [3.63, 3.8) is 0 Å². The molecule has 7 nitrogen and oxygen atoms in total. The number of aromatic hydroxyl groups is 1. The number of hydrogen-bond donors (Lipinski definition) is 1. The molecule has 0 saturated carbocycles. The number of hydrogen-bond acceptors (Lipinski definition) is 8. The van der Waals surface area contributed by atoms with Crippen LogP contribution in [0.3, 0.4) is 0 Å². The Balaban J connectivity index is 2.25. The number of aryl methyl sites for hydroxylation is 2. The van der Waals surface area contributed by atoms with Gasteiger partial charge in [-0.05, 0) is 13.8 Å². The molecular weight excluding hydrogens is 218 g/mol. The van der Waals surface area contributed by atoms with Crippen LogP contribution < -0.4 is 0 Å². The Morgan fingerprint density at radius 3 is 2.67 bits per heavy atom. The van der Waals surface area contributed by atoms with Crippen molar-refractivity contribution in [3.8, 4) is 5.95 Å². The van der Waals surface area contributed by atoms with E-state index in [0.29, 0.717) is 16.6 Å². The van der Waals surface area contributed by atoms with E-state index in [2.05, 4.69) is 29.3 Å². The van der Waals surface area contributed by atoms with Gasteiger partial charge in [0.1, 0.15) is 11.5 Å². The first-order valence-corrected chi connectivity index (χ1v) is 4.81. The van der Waals surface area contributed by atoms with Crippen LogP contribution in [0.1, 0.15) is 11.5 Å². The zero-order valence-electron chi connectivity index (χ0n) is 8.00. The van der Waals surface area contributed by atoms with E-state index in [1.165, 1.54) is 0 Å². The van der Waals surface area contributed by atoms with Crippen molar-refractivity contribution in [1.29, 1.82) is 0 Å².